The van der Waals surface area contributed by atoms with E-state index in [1.54, 1.807) is 24.3 Å². The Bertz CT molecular complexity index is 649. The van der Waals surface area contributed by atoms with Crippen molar-refractivity contribution >= 4 is 17.5 Å². The number of nitrogens with zero attached hydrogens (tertiary/aromatic N) is 1. The first kappa shape index (κ1) is 17.5. The van der Waals surface area contributed by atoms with Crippen LogP contribution in [0.1, 0.15) is 56.9 Å². The van der Waals surface area contributed by atoms with Crippen molar-refractivity contribution in [2.45, 2.75) is 57.4 Å². The highest BCUT2D eigenvalue weighted by atomic mass is 16.2. The molecule has 0 heterocycles. The van der Waals surface area contributed by atoms with Crippen molar-refractivity contribution in [3.8, 4) is 6.07 Å². The number of benzene rings is 1. The fraction of sp³-hybridized carbons (Fsp3) is 0.550. The predicted octanol–water partition coefficient (Wildman–Crippen LogP) is 3.36. The Morgan fingerprint density at radius 1 is 0.880 bits per heavy atom. The molecule has 1 aromatic carbocycles. The summed E-state index contributed by atoms with van der Waals surface area (Å²) in [6.45, 7) is 0. The quantitative estimate of drug-likeness (QED) is 0.882. The molecule has 132 valence electrons. The second kappa shape index (κ2) is 8.15. The van der Waals surface area contributed by atoms with Gasteiger partial charge in [0.25, 0.3) is 0 Å². The molecule has 0 bridgehead atoms. The molecule has 2 fully saturated rings. The van der Waals surface area contributed by atoms with Gasteiger partial charge in [0.15, 0.2) is 0 Å². The van der Waals surface area contributed by atoms with Crippen molar-refractivity contribution < 1.29 is 9.59 Å². The maximum Gasteiger partial charge on any atom is 0.227 e. The molecule has 0 aromatic heterocycles. The van der Waals surface area contributed by atoms with Gasteiger partial charge in [-0.05, 0) is 62.8 Å². The lowest BCUT2D eigenvalue weighted by Gasteiger charge is -2.28. The summed E-state index contributed by atoms with van der Waals surface area (Å²) in [6.07, 6.45) is 7.71. The number of carbonyl (C=O) groups excluding carboxylic acids is 2. The lowest BCUT2D eigenvalue weighted by Crippen LogP contribution is -2.39. The average Bonchev–Trinajstić information content (AvgIpc) is 3.15. The summed E-state index contributed by atoms with van der Waals surface area (Å²) in [5.74, 6) is 0.211. The predicted molar refractivity (Wildman–Crippen MR) is 95.6 cm³/mol. The molecule has 0 aliphatic heterocycles. The van der Waals surface area contributed by atoms with Crippen molar-refractivity contribution in [1.82, 2.24) is 5.32 Å². The van der Waals surface area contributed by atoms with Crippen LogP contribution in [0.4, 0.5) is 5.69 Å². The van der Waals surface area contributed by atoms with E-state index in [0.29, 0.717) is 17.3 Å². The Kier molecular flexibility index (Phi) is 5.70. The van der Waals surface area contributed by atoms with Crippen LogP contribution in [0.2, 0.25) is 0 Å². The second-order valence-corrected chi connectivity index (χ2v) is 7.22. The van der Waals surface area contributed by atoms with E-state index in [1.807, 2.05) is 0 Å². The molecule has 25 heavy (non-hydrogen) atoms. The average molecular weight is 339 g/mol. The van der Waals surface area contributed by atoms with Crippen LogP contribution in [0.15, 0.2) is 24.3 Å². The number of nitriles is 1. The third kappa shape index (κ3) is 4.60. The first-order valence-electron chi connectivity index (χ1n) is 9.27. The Morgan fingerprint density at radius 3 is 2.00 bits per heavy atom. The minimum Gasteiger partial charge on any atom is -0.353 e. The zero-order chi connectivity index (χ0) is 17.6. The summed E-state index contributed by atoms with van der Waals surface area (Å²) in [5, 5.41) is 14.9. The molecule has 0 unspecified atom stereocenters. The Morgan fingerprint density at radius 2 is 1.44 bits per heavy atom. The van der Waals surface area contributed by atoms with Gasteiger partial charge in [-0.15, -0.1) is 0 Å². The van der Waals surface area contributed by atoms with E-state index < -0.39 is 0 Å². The van der Waals surface area contributed by atoms with Crippen LogP contribution < -0.4 is 10.6 Å². The molecule has 2 amide bonds. The molecule has 2 N–H and O–H groups in total. The molecule has 3 rings (SSSR count). The molecule has 0 spiro atoms. The van der Waals surface area contributed by atoms with Crippen LogP contribution in [0.25, 0.3) is 0 Å². The summed E-state index contributed by atoms with van der Waals surface area (Å²) < 4.78 is 0. The minimum atomic E-state index is -0.0360. The van der Waals surface area contributed by atoms with E-state index in [4.69, 9.17) is 5.26 Å². The molecule has 0 radical (unpaired) electrons. The summed E-state index contributed by atoms with van der Waals surface area (Å²) in [6, 6.07) is 9.31. The SMILES string of the molecule is N#Cc1ccc(NC(=O)C2CCC(C(=O)NC3CCCC3)CC2)cc1. The van der Waals surface area contributed by atoms with Crippen LogP contribution in [-0.2, 0) is 9.59 Å². The highest BCUT2D eigenvalue weighted by Gasteiger charge is 2.31. The fourth-order valence-electron chi connectivity index (χ4n) is 3.88. The van der Waals surface area contributed by atoms with Gasteiger partial charge < -0.3 is 10.6 Å². The van der Waals surface area contributed by atoms with Gasteiger partial charge in [0.1, 0.15) is 0 Å². The molecule has 0 atom stereocenters. The van der Waals surface area contributed by atoms with Gasteiger partial charge in [-0.3, -0.25) is 9.59 Å². The lowest BCUT2D eigenvalue weighted by molar-refractivity contribution is -0.129. The maximum absolute atomic E-state index is 12.4. The van der Waals surface area contributed by atoms with Crippen LogP contribution in [0.5, 0.6) is 0 Å². The molecule has 1 aromatic rings. The topological polar surface area (TPSA) is 82.0 Å². The van der Waals surface area contributed by atoms with Crippen LogP contribution in [-0.4, -0.2) is 17.9 Å². The number of carbonyl (C=O) groups is 2. The molecular weight excluding hydrogens is 314 g/mol. The van der Waals surface area contributed by atoms with E-state index in [0.717, 1.165) is 38.5 Å². The minimum absolute atomic E-state index is 0.0133. The number of anilines is 1. The molecule has 2 aliphatic rings. The van der Waals surface area contributed by atoms with Gasteiger partial charge in [-0.1, -0.05) is 12.8 Å². The summed E-state index contributed by atoms with van der Waals surface area (Å²) in [4.78, 5) is 24.7. The van der Waals surface area contributed by atoms with Crippen molar-refractivity contribution in [2.75, 3.05) is 5.32 Å². The van der Waals surface area contributed by atoms with Gasteiger partial charge in [-0.25, -0.2) is 0 Å². The third-order valence-corrected chi connectivity index (χ3v) is 5.45. The largest absolute Gasteiger partial charge is 0.353 e. The summed E-state index contributed by atoms with van der Waals surface area (Å²) in [7, 11) is 0. The van der Waals surface area contributed by atoms with Gasteiger partial charge in [-0.2, -0.15) is 5.26 Å². The van der Waals surface area contributed by atoms with Crippen LogP contribution >= 0.6 is 0 Å². The molecule has 2 saturated carbocycles. The van der Waals surface area contributed by atoms with Crippen molar-refractivity contribution in [3.63, 3.8) is 0 Å². The van der Waals surface area contributed by atoms with Gasteiger partial charge in [0, 0.05) is 23.6 Å². The molecule has 5 nitrogen and oxygen atoms in total. The number of hydrogen-bond acceptors (Lipinski definition) is 3. The normalized spacial score (nSPS) is 23.6. The summed E-state index contributed by atoms with van der Waals surface area (Å²) in [5.41, 5.74) is 1.29. The smallest absolute Gasteiger partial charge is 0.227 e. The molecular formula is C20H25N3O2. The summed E-state index contributed by atoms with van der Waals surface area (Å²) >= 11 is 0. The standard InChI is InChI=1S/C20H25N3O2/c21-13-14-5-11-18(12-6-14)23-20(25)16-9-7-15(8-10-16)19(24)22-17-3-1-2-4-17/h5-6,11-12,15-17H,1-4,7-10H2,(H,22,24)(H,23,25). The second-order valence-electron chi connectivity index (χ2n) is 7.22. The Labute approximate surface area is 148 Å². The van der Waals surface area contributed by atoms with E-state index in [2.05, 4.69) is 16.7 Å². The Hall–Kier alpha value is -2.35. The zero-order valence-electron chi connectivity index (χ0n) is 14.5. The van der Waals surface area contributed by atoms with Crippen LogP contribution in [0.3, 0.4) is 0 Å². The van der Waals surface area contributed by atoms with E-state index >= 15 is 0 Å². The Balaban J connectivity index is 1.45. The van der Waals surface area contributed by atoms with E-state index in [-0.39, 0.29) is 23.7 Å². The van der Waals surface area contributed by atoms with Gasteiger partial charge >= 0.3 is 0 Å². The molecule has 2 aliphatic carbocycles. The molecule has 0 saturated heterocycles. The van der Waals surface area contributed by atoms with Gasteiger partial charge in [0.2, 0.25) is 11.8 Å². The number of amides is 2. The maximum atomic E-state index is 12.4. The fourth-order valence-corrected chi connectivity index (χ4v) is 3.88. The number of nitrogens with one attached hydrogen (secondary N) is 2. The van der Waals surface area contributed by atoms with Crippen molar-refractivity contribution in [2.24, 2.45) is 11.8 Å². The first-order valence-corrected chi connectivity index (χ1v) is 9.27. The van der Waals surface area contributed by atoms with Gasteiger partial charge in [0.05, 0.1) is 11.6 Å². The third-order valence-electron chi connectivity index (χ3n) is 5.45. The van der Waals surface area contributed by atoms with Crippen LogP contribution in [0, 0.1) is 23.2 Å². The number of rotatable bonds is 4. The first-order chi connectivity index (χ1) is 12.2. The number of hydrogen-bond donors (Lipinski definition) is 2. The lowest BCUT2D eigenvalue weighted by atomic mass is 9.81. The van der Waals surface area contributed by atoms with E-state index in [1.165, 1.54) is 12.8 Å². The van der Waals surface area contributed by atoms with Crippen molar-refractivity contribution in [3.05, 3.63) is 29.8 Å². The van der Waals surface area contributed by atoms with Crippen molar-refractivity contribution in [1.29, 1.82) is 5.26 Å². The zero-order valence-corrected chi connectivity index (χ0v) is 14.5. The highest BCUT2D eigenvalue weighted by Crippen LogP contribution is 2.30. The highest BCUT2D eigenvalue weighted by molar-refractivity contribution is 5.92. The molecule has 5 heteroatoms. The monoisotopic (exact) mass is 339 g/mol. The van der Waals surface area contributed by atoms with E-state index in [9.17, 15) is 9.59 Å².